The van der Waals surface area contributed by atoms with Gasteiger partial charge in [-0.1, -0.05) is 31.5 Å². The highest BCUT2D eigenvalue weighted by Gasteiger charge is 2.47. The first-order valence-corrected chi connectivity index (χ1v) is 5.79. The summed E-state index contributed by atoms with van der Waals surface area (Å²) in [6.45, 7) is 4.08. The normalized spacial score (nSPS) is 27.2. The number of nitrogens with two attached hydrogens (primary N) is 1. The predicted molar refractivity (Wildman–Crippen MR) is 67.7 cm³/mol. The van der Waals surface area contributed by atoms with Gasteiger partial charge >= 0.3 is 0 Å². The second-order valence-corrected chi connectivity index (χ2v) is 5.38. The van der Waals surface area contributed by atoms with Crippen molar-refractivity contribution in [3.63, 3.8) is 0 Å². The Morgan fingerprint density at radius 1 is 1.50 bits per heavy atom. The quantitative estimate of drug-likeness (QED) is 0.697. The van der Waals surface area contributed by atoms with Crippen LogP contribution < -0.4 is 11.1 Å². The number of hydrogen-bond donors (Lipinski definition) is 3. The Bertz CT molecular complexity index is 406. The van der Waals surface area contributed by atoms with Crippen molar-refractivity contribution >= 4 is 23.0 Å². The van der Waals surface area contributed by atoms with Crippen LogP contribution in [0.25, 0.3) is 0 Å². The molecule has 1 aromatic rings. The van der Waals surface area contributed by atoms with Crippen molar-refractivity contribution in [2.45, 2.75) is 32.4 Å². The Kier molecular flexibility index (Phi) is 2.76. The maximum atomic E-state index is 9.65. The van der Waals surface area contributed by atoms with E-state index < -0.39 is 0 Å². The fraction of sp³-hybridized carbons (Fsp3) is 0.500. The van der Waals surface area contributed by atoms with E-state index in [-0.39, 0.29) is 17.6 Å². The molecule has 1 fully saturated rings. The number of rotatable bonds is 2. The number of halogens is 1. The van der Waals surface area contributed by atoms with E-state index in [2.05, 4.69) is 5.32 Å². The molecule has 1 aliphatic rings. The lowest BCUT2D eigenvalue weighted by molar-refractivity contribution is -0.0510. The molecule has 0 saturated heterocycles. The first kappa shape index (κ1) is 11.6. The molecular weight excluding hydrogens is 224 g/mol. The van der Waals surface area contributed by atoms with E-state index in [0.717, 1.165) is 12.1 Å². The second-order valence-electron chi connectivity index (χ2n) is 4.97. The van der Waals surface area contributed by atoms with Crippen LogP contribution in [0.5, 0.6) is 0 Å². The SMILES string of the molecule is CC1(C)C(O)CC1Nc1cccc(Cl)c1N. The third-order valence-electron chi connectivity index (χ3n) is 3.60. The van der Waals surface area contributed by atoms with E-state index in [4.69, 9.17) is 17.3 Å². The molecule has 0 aliphatic heterocycles. The summed E-state index contributed by atoms with van der Waals surface area (Å²) in [5.41, 5.74) is 7.18. The maximum absolute atomic E-state index is 9.65. The zero-order chi connectivity index (χ0) is 11.9. The van der Waals surface area contributed by atoms with Crippen LogP contribution in [0.3, 0.4) is 0 Å². The second kappa shape index (κ2) is 3.82. The van der Waals surface area contributed by atoms with Crippen molar-refractivity contribution in [1.29, 1.82) is 0 Å². The van der Waals surface area contributed by atoms with Crippen molar-refractivity contribution in [2.75, 3.05) is 11.1 Å². The van der Waals surface area contributed by atoms with E-state index in [1.807, 2.05) is 26.0 Å². The number of aliphatic hydroxyl groups is 1. The largest absolute Gasteiger partial charge is 0.396 e. The van der Waals surface area contributed by atoms with Gasteiger partial charge in [0.2, 0.25) is 0 Å². The number of hydrogen-bond acceptors (Lipinski definition) is 3. The van der Waals surface area contributed by atoms with Gasteiger partial charge in [0, 0.05) is 11.5 Å². The summed E-state index contributed by atoms with van der Waals surface area (Å²) in [5.74, 6) is 0. The fourth-order valence-corrected chi connectivity index (χ4v) is 2.17. The molecule has 2 rings (SSSR count). The lowest BCUT2D eigenvalue weighted by Gasteiger charge is -2.50. The van der Waals surface area contributed by atoms with Crippen LogP contribution in [0, 0.1) is 5.41 Å². The summed E-state index contributed by atoms with van der Waals surface area (Å²) in [7, 11) is 0. The van der Waals surface area contributed by atoms with Gasteiger partial charge in [-0.25, -0.2) is 0 Å². The molecule has 1 saturated carbocycles. The van der Waals surface area contributed by atoms with E-state index >= 15 is 0 Å². The van der Waals surface area contributed by atoms with Gasteiger partial charge in [0.05, 0.1) is 22.5 Å². The molecule has 4 N–H and O–H groups in total. The van der Waals surface area contributed by atoms with Crippen molar-refractivity contribution in [1.82, 2.24) is 0 Å². The minimum Gasteiger partial charge on any atom is -0.396 e. The molecule has 3 nitrogen and oxygen atoms in total. The molecule has 88 valence electrons. The topological polar surface area (TPSA) is 58.3 Å². The molecule has 0 aromatic heterocycles. The number of aliphatic hydroxyl groups excluding tert-OH is 1. The third-order valence-corrected chi connectivity index (χ3v) is 3.93. The maximum Gasteiger partial charge on any atom is 0.0739 e. The zero-order valence-corrected chi connectivity index (χ0v) is 10.3. The molecule has 16 heavy (non-hydrogen) atoms. The molecule has 1 aliphatic carbocycles. The molecule has 1 aromatic carbocycles. The number of nitrogen functional groups attached to an aromatic ring is 1. The van der Waals surface area contributed by atoms with Crippen LogP contribution >= 0.6 is 11.6 Å². The van der Waals surface area contributed by atoms with Crippen LogP contribution in [0.4, 0.5) is 11.4 Å². The van der Waals surface area contributed by atoms with Gasteiger partial charge in [0.15, 0.2) is 0 Å². The van der Waals surface area contributed by atoms with Crippen LogP contribution in [0.2, 0.25) is 5.02 Å². The third kappa shape index (κ3) is 1.74. The van der Waals surface area contributed by atoms with Gasteiger partial charge in [-0.15, -0.1) is 0 Å². The summed E-state index contributed by atoms with van der Waals surface area (Å²) in [6.07, 6.45) is 0.504. The Morgan fingerprint density at radius 2 is 2.19 bits per heavy atom. The highest BCUT2D eigenvalue weighted by molar-refractivity contribution is 6.33. The van der Waals surface area contributed by atoms with E-state index in [1.165, 1.54) is 0 Å². The highest BCUT2D eigenvalue weighted by atomic mass is 35.5. The van der Waals surface area contributed by atoms with Crippen molar-refractivity contribution in [3.05, 3.63) is 23.2 Å². The van der Waals surface area contributed by atoms with Crippen molar-refractivity contribution < 1.29 is 5.11 Å². The molecule has 0 amide bonds. The van der Waals surface area contributed by atoms with Crippen LogP contribution in [-0.4, -0.2) is 17.3 Å². The molecule has 4 heteroatoms. The molecule has 0 heterocycles. The molecule has 0 spiro atoms. The fourth-order valence-electron chi connectivity index (χ4n) is 2.00. The number of nitrogens with one attached hydrogen (secondary N) is 1. The summed E-state index contributed by atoms with van der Waals surface area (Å²) in [5, 5.41) is 13.5. The van der Waals surface area contributed by atoms with Gasteiger partial charge in [-0.3, -0.25) is 0 Å². The first-order valence-electron chi connectivity index (χ1n) is 5.41. The summed E-state index contributed by atoms with van der Waals surface area (Å²) in [6, 6.07) is 5.77. The van der Waals surface area contributed by atoms with Gasteiger partial charge in [0.25, 0.3) is 0 Å². The minimum atomic E-state index is -0.245. The van der Waals surface area contributed by atoms with Crippen LogP contribution in [-0.2, 0) is 0 Å². The smallest absolute Gasteiger partial charge is 0.0739 e. The Hall–Kier alpha value is -0.930. The molecule has 2 atom stereocenters. The van der Waals surface area contributed by atoms with E-state index in [0.29, 0.717) is 10.7 Å². The van der Waals surface area contributed by atoms with Gasteiger partial charge < -0.3 is 16.2 Å². The van der Waals surface area contributed by atoms with Crippen LogP contribution in [0.15, 0.2) is 18.2 Å². The Morgan fingerprint density at radius 3 is 2.75 bits per heavy atom. The zero-order valence-electron chi connectivity index (χ0n) is 9.50. The lowest BCUT2D eigenvalue weighted by Crippen LogP contribution is -2.56. The van der Waals surface area contributed by atoms with Crippen LogP contribution in [0.1, 0.15) is 20.3 Å². The summed E-state index contributed by atoms with van der Waals surface area (Å²) in [4.78, 5) is 0. The Labute approximate surface area is 101 Å². The molecule has 0 bridgehead atoms. The monoisotopic (exact) mass is 240 g/mol. The average Bonchev–Trinajstić information content (AvgIpc) is 2.24. The van der Waals surface area contributed by atoms with E-state index in [1.54, 1.807) is 6.07 Å². The van der Waals surface area contributed by atoms with E-state index in [9.17, 15) is 5.11 Å². The lowest BCUT2D eigenvalue weighted by atomic mass is 9.64. The van der Waals surface area contributed by atoms with Gasteiger partial charge in [-0.2, -0.15) is 0 Å². The van der Waals surface area contributed by atoms with Crippen molar-refractivity contribution in [3.8, 4) is 0 Å². The number of anilines is 2. The summed E-state index contributed by atoms with van der Waals surface area (Å²) >= 11 is 5.94. The first-order chi connectivity index (χ1) is 7.43. The number of para-hydroxylation sites is 1. The Balaban J connectivity index is 2.14. The highest BCUT2D eigenvalue weighted by Crippen LogP contribution is 2.43. The molecule has 0 radical (unpaired) electrons. The predicted octanol–water partition coefficient (Wildman–Crippen LogP) is 2.49. The number of benzene rings is 1. The van der Waals surface area contributed by atoms with Crippen molar-refractivity contribution in [2.24, 2.45) is 5.41 Å². The van der Waals surface area contributed by atoms with Gasteiger partial charge in [0.1, 0.15) is 0 Å². The van der Waals surface area contributed by atoms with Gasteiger partial charge in [-0.05, 0) is 18.6 Å². The minimum absolute atomic E-state index is 0.116. The standard InChI is InChI=1S/C12H17ClN2O/c1-12(2)9(6-10(12)16)15-8-5-3-4-7(13)11(8)14/h3-5,9-10,15-16H,6,14H2,1-2H3. The molecule has 2 unspecified atom stereocenters. The average molecular weight is 241 g/mol. The molecular formula is C12H17ClN2O. The summed E-state index contributed by atoms with van der Waals surface area (Å²) < 4.78 is 0.